The van der Waals surface area contributed by atoms with Gasteiger partial charge in [-0.15, -0.1) is 0 Å². The Morgan fingerprint density at radius 1 is 1.05 bits per heavy atom. The number of hydrogen-bond acceptors (Lipinski definition) is 5. The van der Waals surface area contributed by atoms with E-state index in [1.54, 1.807) is 18.9 Å². The number of carbonyl (C=O) groups is 2. The molecule has 3 N–H and O–H groups in total. The van der Waals surface area contributed by atoms with Crippen molar-refractivity contribution in [1.29, 1.82) is 0 Å². The summed E-state index contributed by atoms with van der Waals surface area (Å²) in [6.07, 6.45) is 1.03. The van der Waals surface area contributed by atoms with Crippen molar-refractivity contribution in [1.82, 2.24) is 5.32 Å². The van der Waals surface area contributed by atoms with Gasteiger partial charge >= 0.3 is 0 Å². The lowest BCUT2D eigenvalue weighted by atomic mass is 9.93. The molecule has 1 aliphatic heterocycles. The number of para-hydroxylation sites is 2. The Hall–Kier alpha value is -3.84. The van der Waals surface area contributed by atoms with Crippen LogP contribution in [-0.2, 0) is 16.0 Å². The van der Waals surface area contributed by atoms with Crippen LogP contribution in [0, 0.1) is 20.8 Å². The molecule has 0 aromatic heterocycles. The van der Waals surface area contributed by atoms with Gasteiger partial charge in [0.05, 0.1) is 19.2 Å². The Morgan fingerprint density at radius 2 is 1.73 bits per heavy atom. The maximum atomic E-state index is 13.2. The quantitative estimate of drug-likeness (QED) is 0.480. The van der Waals surface area contributed by atoms with Crippen LogP contribution in [0.3, 0.4) is 0 Å². The van der Waals surface area contributed by atoms with Gasteiger partial charge in [-0.2, -0.15) is 0 Å². The number of aryl methyl sites for hydroxylation is 3. The molecule has 1 heterocycles. The van der Waals surface area contributed by atoms with E-state index in [-0.39, 0.29) is 17.9 Å². The van der Waals surface area contributed by atoms with Crippen LogP contribution in [0.25, 0.3) is 0 Å². The lowest BCUT2D eigenvalue weighted by Crippen LogP contribution is -2.46. The summed E-state index contributed by atoms with van der Waals surface area (Å²) >= 11 is 0. The summed E-state index contributed by atoms with van der Waals surface area (Å²) in [5.41, 5.74) is 12.5. The predicted octanol–water partition coefficient (Wildman–Crippen LogP) is 4.90. The van der Waals surface area contributed by atoms with E-state index in [1.165, 1.54) is 5.56 Å². The van der Waals surface area contributed by atoms with Crippen LogP contribution in [-0.4, -0.2) is 31.5 Å². The third-order valence-corrected chi connectivity index (χ3v) is 6.90. The SMILES string of the molecule is COc1ccccc1Oc1ccc2c(c1)[C@H](NC(=O)[C@@H](N)Cc1c(C)cc(C)cc1C)CCN2C(C)=O. The molecule has 2 amide bonds. The molecule has 0 fully saturated rings. The van der Waals surface area contributed by atoms with Gasteiger partial charge in [-0.3, -0.25) is 9.59 Å². The molecule has 3 aromatic rings. The average Bonchev–Trinajstić information content (AvgIpc) is 2.86. The van der Waals surface area contributed by atoms with Gasteiger partial charge in [0.25, 0.3) is 0 Å². The smallest absolute Gasteiger partial charge is 0.237 e. The van der Waals surface area contributed by atoms with Crippen LogP contribution < -0.4 is 25.4 Å². The first-order chi connectivity index (χ1) is 17.7. The number of nitrogens with one attached hydrogen (secondary N) is 1. The monoisotopic (exact) mass is 501 g/mol. The van der Waals surface area contributed by atoms with Gasteiger partial charge in [0.15, 0.2) is 11.5 Å². The summed E-state index contributed by atoms with van der Waals surface area (Å²) in [7, 11) is 1.59. The maximum absolute atomic E-state index is 13.2. The first kappa shape index (κ1) is 26.2. The van der Waals surface area contributed by atoms with Crippen LogP contribution >= 0.6 is 0 Å². The van der Waals surface area contributed by atoms with Crippen molar-refractivity contribution in [3.8, 4) is 17.2 Å². The fourth-order valence-electron chi connectivity index (χ4n) is 5.09. The molecule has 0 saturated heterocycles. The fraction of sp³-hybridized carbons (Fsp3) is 0.333. The minimum Gasteiger partial charge on any atom is -0.493 e. The van der Waals surface area contributed by atoms with E-state index in [9.17, 15) is 9.59 Å². The van der Waals surface area contributed by atoms with Crippen LogP contribution in [0.5, 0.6) is 17.2 Å². The van der Waals surface area contributed by atoms with Crippen molar-refractivity contribution in [3.05, 3.63) is 82.4 Å². The number of anilines is 1. The Balaban J connectivity index is 1.58. The fourth-order valence-corrected chi connectivity index (χ4v) is 5.09. The van der Waals surface area contributed by atoms with E-state index in [4.69, 9.17) is 15.2 Å². The van der Waals surface area contributed by atoms with Crippen molar-refractivity contribution in [2.45, 2.75) is 52.6 Å². The van der Waals surface area contributed by atoms with E-state index in [2.05, 4.69) is 38.2 Å². The molecule has 0 spiro atoms. The van der Waals surface area contributed by atoms with Crippen LogP contribution in [0.4, 0.5) is 5.69 Å². The second-order valence-corrected chi connectivity index (χ2v) is 9.68. The molecule has 1 aliphatic rings. The van der Waals surface area contributed by atoms with Crippen molar-refractivity contribution in [2.75, 3.05) is 18.6 Å². The number of hydrogen-bond donors (Lipinski definition) is 2. The second kappa shape index (κ2) is 11.0. The van der Waals surface area contributed by atoms with Gasteiger partial charge < -0.3 is 25.4 Å². The summed E-state index contributed by atoms with van der Waals surface area (Å²) in [4.78, 5) is 27.3. The van der Waals surface area contributed by atoms with Gasteiger partial charge in [-0.25, -0.2) is 0 Å². The summed E-state index contributed by atoms with van der Waals surface area (Å²) in [5, 5.41) is 3.14. The summed E-state index contributed by atoms with van der Waals surface area (Å²) in [5.74, 6) is 1.51. The molecule has 0 aliphatic carbocycles. The number of rotatable bonds is 7. The van der Waals surface area contributed by atoms with Gasteiger partial charge in [-0.1, -0.05) is 29.8 Å². The zero-order valence-electron chi connectivity index (χ0n) is 22.1. The van der Waals surface area contributed by atoms with Crippen LogP contribution in [0.1, 0.15) is 47.2 Å². The Bertz CT molecular complexity index is 1300. The Morgan fingerprint density at radius 3 is 2.38 bits per heavy atom. The van der Waals surface area contributed by atoms with Gasteiger partial charge in [-0.05, 0) is 80.6 Å². The average molecular weight is 502 g/mol. The lowest BCUT2D eigenvalue weighted by Gasteiger charge is -2.35. The van der Waals surface area contributed by atoms with Crippen LogP contribution in [0.15, 0.2) is 54.6 Å². The van der Waals surface area contributed by atoms with Crippen molar-refractivity contribution in [3.63, 3.8) is 0 Å². The van der Waals surface area contributed by atoms with E-state index >= 15 is 0 Å². The number of nitrogens with two attached hydrogens (primary N) is 1. The first-order valence-corrected chi connectivity index (χ1v) is 12.5. The highest BCUT2D eigenvalue weighted by molar-refractivity contribution is 5.93. The van der Waals surface area contributed by atoms with E-state index in [1.807, 2.05) is 42.5 Å². The molecule has 3 aromatic carbocycles. The van der Waals surface area contributed by atoms with E-state index < -0.39 is 6.04 Å². The van der Waals surface area contributed by atoms with Crippen molar-refractivity contribution >= 4 is 17.5 Å². The lowest BCUT2D eigenvalue weighted by molar-refractivity contribution is -0.123. The molecular formula is C30H35N3O4. The highest BCUT2D eigenvalue weighted by Crippen LogP contribution is 2.39. The molecular weight excluding hydrogens is 466 g/mol. The number of amides is 2. The van der Waals surface area contributed by atoms with Gasteiger partial charge in [0.1, 0.15) is 5.75 Å². The number of ether oxygens (including phenoxy) is 2. The molecule has 4 rings (SSSR count). The molecule has 0 bridgehead atoms. The largest absolute Gasteiger partial charge is 0.493 e. The Kier molecular flexibility index (Phi) is 7.83. The molecule has 0 radical (unpaired) electrons. The van der Waals surface area contributed by atoms with Crippen molar-refractivity contribution < 1.29 is 19.1 Å². The summed E-state index contributed by atoms with van der Waals surface area (Å²) in [6, 6.07) is 16.2. The molecule has 37 heavy (non-hydrogen) atoms. The topological polar surface area (TPSA) is 93.9 Å². The highest BCUT2D eigenvalue weighted by atomic mass is 16.5. The zero-order valence-corrected chi connectivity index (χ0v) is 22.1. The maximum Gasteiger partial charge on any atom is 0.237 e. The third kappa shape index (κ3) is 5.78. The minimum atomic E-state index is -0.692. The Labute approximate surface area is 218 Å². The normalized spacial score (nSPS) is 15.5. The molecule has 2 atom stereocenters. The molecule has 0 unspecified atom stereocenters. The molecule has 7 heteroatoms. The third-order valence-electron chi connectivity index (χ3n) is 6.90. The minimum absolute atomic E-state index is 0.0496. The number of methoxy groups -OCH3 is 1. The molecule has 194 valence electrons. The van der Waals surface area contributed by atoms with Crippen LogP contribution in [0.2, 0.25) is 0 Å². The number of fused-ring (bicyclic) bond motifs is 1. The molecule has 7 nitrogen and oxygen atoms in total. The summed E-state index contributed by atoms with van der Waals surface area (Å²) < 4.78 is 11.5. The van der Waals surface area contributed by atoms with E-state index in [0.29, 0.717) is 36.6 Å². The standard InChI is InChI=1S/C30H35N3O4/c1-18-14-19(2)23(20(3)15-18)17-25(31)30(35)32-26-12-13-33(21(4)34)27-11-10-22(16-24(26)27)37-29-9-7-6-8-28(29)36-5/h6-11,14-16,25-26H,12-13,17,31H2,1-5H3,(H,32,35)/t25-,26+/m0/s1. The second-order valence-electron chi connectivity index (χ2n) is 9.68. The van der Waals surface area contributed by atoms with E-state index in [0.717, 1.165) is 27.9 Å². The number of nitrogens with zero attached hydrogens (tertiary/aromatic N) is 1. The predicted molar refractivity (Wildman–Crippen MR) is 145 cm³/mol. The first-order valence-electron chi connectivity index (χ1n) is 12.5. The van der Waals surface area contributed by atoms with Crippen molar-refractivity contribution in [2.24, 2.45) is 5.73 Å². The van der Waals surface area contributed by atoms with Gasteiger partial charge in [0.2, 0.25) is 11.8 Å². The summed E-state index contributed by atoms with van der Waals surface area (Å²) in [6.45, 7) is 8.22. The highest BCUT2D eigenvalue weighted by Gasteiger charge is 2.30. The zero-order chi connectivity index (χ0) is 26.7. The molecule has 0 saturated carbocycles. The van der Waals surface area contributed by atoms with Gasteiger partial charge in [0, 0.05) is 24.7 Å². The number of carbonyl (C=O) groups excluding carboxylic acids is 2. The number of benzene rings is 3.